The number of nitrogens with zero attached hydrogens (tertiary/aromatic N) is 2. The number of hydrogen-bond donors (Lipinski definition) is 2. The molecule has 7 heteroatoms. The lowest BCUT2D eigenvalue weighted by Gasteiger charge is -2.37. The number of amides is 2. The molecule has 0 aromatic heterocycles. The number of rotatable bonds is 5. The number of nitrogens with two attached hydrogens (primary N) is 1. The molecule has 2 saturated heterocycles. The number of epoxide rings is 1. The smallest absolute Gasteiger partial charge is 0.324 e. The summed E-state index contributed by atoms with van der Waals surface area (Å²) >= 11 is 0. The van der Waals surface area contributed by atoms with Gasteiger partial charge in [0.05, 0.1) is 13.2 Å². The van der Waals surface area contributed by atoms with Crippen molar-refractivity contribution in [3.8, 4) is 0 Å². The van der Waals surface area contributed by atoms with Crippen molar-refractivity contribution in [2.75, 3.05) is 32.8 Å². The van der Waals surface area contributed by atoms with Crippen LogP contribution in [0.5, 0.6) is 0 Å². The van der Waals surface area contributed by atoms with Gasteiger partial charge in [0.15, 0.2) is 6.23 Å². The minimum absolute atomic E-state index is 0.0551. The van der Waals surface area contributed by atoms with E-state index in [0.29, 0.717) is 38.8 Å². The van der Waals surface area contributed by atoms with Crippen LogP contribution in [0.4, 0.5) is 4.79 Å². The third-order valence-electron chi connectivity index (χ3n) is 5.84. The normalized spacial score (nSPS) is 32.0. The van der Waals surface area contributed by atoms with Gasteiger partial charge in [-0.2, -0.15) is 0 Å². The van der Waals surface area contributed by atoms with Gasteiger partial charge in [-0.25, -0.2) is 10.2 Å². The molecule has 0 aromatic rings. The Morgan fingerprint density at radius 3 is 2.82 bits per heavy atom. The third kappa shape index (κ3) is 4.22. The average Bonchev–Trinajstić information content (AvgIpc) is 3.53. The molecular formula is C21H30N4O3. The van der Waals surface area contributed by atoms with Crippen molar-refractivity contribution in [2.45, 2.75) is 32.1 Å². The van der Waals surface area contributed by atoms with Crippen molar-refractivity contribution in [2.24, 2.45) is 17.7 Å². The van der Waals surface area contributed by atoms with Gasteiger partial charge in [-0.1, -0.05) is 37.3 Å². The van der Waals surface area contributed by atoms with Gasteiger partial charge in [0.1, 0.15) is 6.10 Å². The predicted molar refractivity (Wildman–Crippen MR) is 107 cm³/mol. The molecule has 4 aliphatic rings. The maximum atomic E-state index is 13.3. The first-order chi connectivity index (χ1) is 13.7. The molecule has 0 aromatic carbocycles. The Bertz CT molecular complexity index is 708. The van der Waals surface area contributed by atoms with E-state index in [2.05, 4.69) is 48.8 Å². The minimum Gasteiger partial charge on any atom is -0.378 e. The fourth-order valence-electron chi connectivity index (χ4n) is 4.06. The summed E-state index contributed by atoms with van der Waals surface area (Å²) < 4.78 is 10.9. The van der Waals surface area contributed by atoms with E-state index in [-0.39, 0.29) is 24.3 Å². The van der Waals surface area contributed by atoms with Crippen LogP contribution in [0.3, 0.4) is 0 Å². The first-order valence-electron chi connectivity index (χ1n) is 10.2. The quantitative estimate of drug-likeness (QED) is 0.428. The van der Waals surface area contributed by atoms with E-state index in [4.69, 9.17) is 15.3 Å². The van der Waals surface area contributed by atoms with Crippen LogP contribution in [0.15, 0.2) is 47.7 Å². The van der Waals surface area contributed by atoms with E-state index >= 15 is 0 Å². The number of nitrogens with one attached hydrogen (secondary N) is 1. The average molecular weight is 386 g/mol. The number of ether oxygens (including phenoxy) is 2. The molecule has 2 heterocycles. The summed E-state index contributed by atoms with van der Waals surface area (Å²) in [6.07, 6.45) is 14.7. The summed E-state index contributed by atoms with van der Waals surface area (Å²) in [5.74, 6) is 6.05. The van der Waals surface area contributed by atoms with Crippen LogP contribution in [-0.4, -0.2) is 61.0 Å². The third-order valence-corrected chi connectivity index (χ3v) is 5.84. The van der Waals surface area contributed by atoms with Gasteiger partial charge in [0, 0.05) is 25.3 Å². The van der Waals surface area contributed by atoms with Crippen LogP contribution in [-0.2, 0) is 9.47 Å². The summed E-state index contributed by atoms with van der Waals surface area (Å²) in [4.78, 5) is 17.2. The zero-order valence-corrected chi connectivity index (χ0v) is 16.4. The molecule has 152 valence electrons. The standard InChI is InChI=1S/C21H30N4O3/c1-15-4-2-3-5-18(15)25(21(26)24-10-12-27-13-11-24)14-16-6-8-17(9-7-16)19-20(23-22)28-19/h2-3,5-6,8-9,15-16,19-20,23H,4,7,10-14,22H2,1H3. The van der Waals surface area contributed by atoms with Crippen molar-refractivity contribution in [1.29, 1.82) is 0 Å². The van der Waals surface area contributed by atoms with E-state index in [1.54, 1.807) is 0 Å². The molecule has 2 amide bonds. The van der Waals surface area contributed by atoms with Gasteiger partial charge in [-0.3, -0.25) is 10.7 Å². The lowest BCUT2D eigenvalue weighted by Crippen LogP contribution is -2.49. The molecule has 28 heavy (non-hydrogen) atoms. The Hall–Kier alpha value is -1.93. The van der Waals surface area contributed by atoms with Crippen LogP contribution < -0.4 is 11.3 Å². The lowest BCUT2D eigenvalue weighted by atomic mass is 9.92. The van der Waals surface area contributed by atoms with Crippen molar-refractivity contribution < 1.29 is 14.3 Å². The van der Waals surface area contributed by atoms with Crippen molar-refractivity contribution >= 4 is 6.03 Å². The molecule has 7 nitrogen and oxygen atoms in total. The van der Waals surface area contributed by atoms with Gasteiger partial charge in [-0.15, -0.1) is 0 Å². The molecule has 0 spiro atoms. The summed E-state index contributed by atoms with van der Waals surface area (Å²) in [5.41, 5.74) is 4.93. The van der Waals surface area contributed by atoms with Crippen LogP contribution in [0.1, 0.15) is 19.8 Å². The summed E-state index contributed by atoms with van der Waals surface area (Å²) in [7, 11) is 0. The largest absolute Gasteiger partial charge is 0.378 e. The second-order valence-corrected chi connectivity index (χ2v) is 7.85. The summed E-state index contributed by atoms with van der Waals surface area (Å²) in [5, 5.41) is 0. The van der Waals surface area contributed by atoms with Crippen molar-refractivity contribution in [3.63, 3.8) is 0 Å². The molecule has 4 rings (SSSR count). The fourth-order valence-corrected chi connectivity index (χ4v) is 4.06. The molecule has 3 N–H and O–H groups in total. The molecule has 4 unspecified atom stereocenters. The Morgan fingerprint density at radius 2 is 2.18 bits per heavy atom. The number of hydrazine groups is 1. The molecule has 4 atom stereocenters. The Kier molecular flexibility index (Phi) is 5.96. The fraction of sp³-hybridized carbons (Fsp3) is 0.571. The maximum absolute atomic E-state index is 13.3. The Morgan fingerprint density at radius 1 is 1.36 bits per heavy atom. The zero-order valence-electron chi connectivity index (χ0n) is 16.4. The van der Waals surface area contributed by atoms with Gasteiger partial charge >= 0.3 is 6.03 Å². The highest BCUT2D eigenvalue weighted by atomic mass is 16.6. The highest BCUT2D eigenvalue weighted by molar-refractivity contribution is 5.77. The lowest BCUT2D eigenvalue weighted by molar-refractivity contribution is 0.0444. The summed E-state index contributed by atoms with van der Waals surface area (Å²) in [6, 6.07) is 0.0952. The first-order valence-corrected chi connectivity index (χ1v) is 10.2. The Labute approximate surface area is 166 Å². The van der Waals surface area contributed by atoms with Crippen LogP contribution in [0.2, 0.25) is 0 Å². The number of urea groups is 1. The van der Waals surface area contributed by atoms with Crippen LogP contribution in [0.25, 0.3) is 0 Å². The molecule has 2 aliphatic heterocycles. The van der Waals surface area contributed by atoms with Gasteiger partial charge in [0.2, 0.25) is 0 Å². The minimum atomic E-state index is -0.0770. The zero-order chi connectivity index (χ0) is 19.5. The molecule has 2 fully saturated rings. The molecule has 0 saturated carbocycles. The second kappa shape index (κ2) is 8.61. The van der Waals surface area contributed by atoms with E-state index in [0.717, 1.165) is 18.5 Å². The highest BCUT2D eigenvalue weighted by Crippen LogP contribution is 2.32. The molecule has 2 aliphatic carbocycles. The second-order valence-electron chi connectivity index (χ2n) is 7.85. The van der Waals surface area contributed by atoms with E-state index in [1.807, 2.05) is 9.80 Å². The first kappa shape index (κ1) is 19.4. The predicted octanol–water partition coefficient (Wildman–Crippen LogP) is 1.91. The number of hydrogen-bond acceptors (Lipinski definition) is 5. The van der Waals surface area contributed by atoms with Gasteiger partial charge in [-0.05, 0) is 36.3 Å². The number of morpholine rings is 1. The number of carbonyl (C=O) groups excluding carboxylic acids is 1. The molecule has 0 radical (unpaired) electrons. The van der Waals surface area contributed by atoms with E-state index < -0.39 is 0 Å². The molecular weight excluding hydrogens is 356 g/mol. The monoisotopic (exact) mass is 386 g/mol. The van der Waals surface area contributed by atoms with Crippen LogP contribution >= 0.6 is 0 Å². The number of allylic oxidation sites excluding steroid dienone is 5. The van der Waals surface area contributed by atoms with Gasteiger partial charge < -0.3 is 14.4 Å². The Balaban J connectivity index is 1.45. The van der Waals surface area contributed by atoms with Crippen molar-refractivity contribution in [1.82, 2.24) is 15.2 Å². The molecule has 0 bridgehead atoms. The van der Waals surface area contributed by atoms with E-state index in [1.165, 1.54) is 5.57 Å². The van der Waals surface area contributed by atoms with E-state index in [9.17, 15) is 4.79 Å². The topological polar surface area (TPSA) is 83.4 Å². The maximum Gasteiger partial charge on any atom is 0.324 e. The van der Waals surface area contributed by atoms with Crippen molar-refractivity contribution in [3.05, 3.63) is 47.7 Å². The number of carbonyl (C=O) groups is 1. The van der Waals surface area contributed by atoms with Crippen LogP contribution in [0, 0.1) is 11.8 Å². The summed E-state index contributed by atoms with van der Waals surface area (Å²) in [6.45, 7) is 5.41. The highest BCUT2D eigenvalue weighted by Gasteiger charge is 2.40. The SMILES string of the molecule is CC1CC=CC=C1N(CC1C=CC(C2OC2NN)=CC1)C(=O)N1CCOCC1. The van der Waals surface area contributed by atoms with Gasteiger partial charge in [0.25, 0.3) is 0 Å².